The molecule has 1 heterocycles. The smallest absolute Gasteiger partial charge is 0.134 e. The molecule has 2 rings (SSSR count). The lowest BCUT2D eigenvalue weighted by Crippen LogP contribution is -2.16. The number of rotatable bonds is 3. The summed E-state index contributed by atoms with van der Waals surface area (Å²) in [5, 5.41) is 9.85. The summed E-state index contributed by atoms with van der Waals surface area (Å²) >= 11 is 0. The average Bonchev–Trinajstić information content (AvgIpc) is 2.32. The Bertz CT molecular complexity index is 407. The summed E-state index contributed by atoms with van der Waals surface area (Å²) in [5.41, 5.74) is 2.02. The summed E-state index contributed by atoms with van der Waals surface area (Å²) in [6.45, 7) is 4.21. The predicted octanol–water partition coefficient (Wildman–Crippen LogP) is 3.53. The molecule has 0 aliphatic carbocycles. The third kappa shape index (κ3) is 1.92. The molecule has 2 nitrogen and oxygen atoms in total. The van der Waals surface area contributed by atoms with Gasteiger partial charge in [-0.2, -0.15) is 0 Å². The molecule has 0 spiro atoms. The summed E-state index contributed by atoms with van der Waals surface area (Å²) in [4.78, 5) is 0. The van der Waals surface area contributed by atoms with E-state index >= 15 is 0 Å². The molecule has 16 heavy (non-hydrogen) atoms. The number of aromatic hydroxyl groups is 1. The minimum atomic E-state index is 0.143. The van der Waals surface area contributed by atoms with E-state index in [1.54, 1.807) is 6.07 Å². The Kier molecular flexibility index (Phi) is 3.18. The second-order valence-electron chi connectivity index (χ2n) is 4.16. The van der Waals surface area contributed by atoms with Crippen LogP contribution in [0.3, 0.4) is 0 Å². The van der Waals surface area contributed by atoms with Crippen molar-refractivity contribution in [1.82, 2.24) is 0 Å². The lowest BCUT2D eigenvalue weighted by Gasteiger charge is -2.23. The van der Waals surface area contributed by atoms with Crippen LogP contribution in [0.4, 0.5) is 0 Å². The van der Waals surface area contributed by atoms with Crippen LogP contribution in [0.15, 0.2) is 18.2 Å². The van der Waals surface area contributed by atoms with Gasteiger partial charge in [-0.25, -0.2) is 0 Å². The Labute approximate surface area is 96.6 Å². The fraction of sp³-hybridized carbons (Fsp3) is 0.429. The van der Waals surface area contributed by atoms with Gasteiger partial charge in [-0.05, 0) is 31.1 Å². The normalized spacial score (nSPS) is 18.0. The van der Waals surface area contributed by atoms with Crippen LogP contribution in [0.2, 0.25) is 0 Å². The van der Waals surface area contributed by atoms with Crippen molar-refractivity contribution < 1.29 is 9.84 Å². The molecular formula is C14H18O2. The summed E-state index contributed by atoms with van der Waals surface area (Å²) < 4.78 is 5.90. The van der Waals surface area contributed by atoms with Gasteiger partial charge in [0.05, 0.1) is 0 Å². The molecule has 1 N–H and O–H groups in total. The van der Waals surface area contributed by atoms with Crippen molar-refractivity contribution in [2.45, 2.75) is 39.2 Å². The summed E-state index contributed by atoms with van der Waals surface area (Å²) in [5.74, 6) is 1.22. The van der Waals surface area contributed by atoms with Crippen LogP contribution in [-0.4, -0.2) is 11.2 Å². The van der Waals surface area contributed by atoms with E-state index in [0.29, 0.717) is 5.75 Å². The van der Waals surface area contributed by atoms with Crippen molar-refractivity contribution in [1.29, 1.82) is 0 Å². The monoisotopic (exact) mass is 218 g/mol. The molecule has 0 bridgehead atoms. The standard InChI is InChI=1S/C14H18O2/c1-3-5-12-13(15)9-7-10-6-8-11(4-2)16-14(10)12/h6-9,11,15H,3-5H2,1-2H3. The quantitative estimate of drug-likeness (QED) is 0.841. The molecule has 1 atom stereocenters. The van der Waals surface area contributed by atoms with E-state index in [2.05, 4.69) is 26.0 Å². The van der Waals surface area contributed by atoms with Crippen LogP contribution in [0.1, 0.15) is 37.8 Å². The predicted molar refractivity (Wildman–Crippen MR) is 65.8 cm³/mol. The zero-order chi connectivity index (χ0) is 11.5. The highest BCUT2D eigenvalue weighted by molar-refractivity contribution is 5.65. The molecule has 0 amide bonds. The number of phenolic OH excluding ortho intramolecular Hbond substituents is 1. The average molecular weight is 218 g/mol. The number of fused-ring (bicyclic) bond motifs is 1. The summed E-state index contributed by atoms with van der Waals surface area (Å²) in [6, 6.07) is 3.66. The van der Waals surface area contributed by atoms with Gasteiger partial charge in [0.15, 0.2) is 0 Å². The fourth-order valence-corrected chi connectivity index (χ4v) is 2.02. The fourth-order valence-electron chi connectivity index (χ4n) is 2.02. The largest absolute Gasteiger partial charge is 0.508 e. The first-order chi connectivity index (χ1) is 7.76. The topological polar surface area (TPSA) is 29.5 Å². The van der Waals surface area contributed by atoms with Gasteiger partial charge in [-0.1, -0.05) is 26.3 Å². The zero-order valence-electron chi connectivity index (χ0n) is 9.86. The second-order valence-corrected chi connectivity index (χ2v) is 4.16. The lowest BCUT2D eigenvalue weighted by atomic mass is 10.0. The first-order valence-electron chi connectivity index (χ1n) is 5.96. The van der Waals surface area contributed by atoms with Gasteiger partial charge >= 0.3 is 0 Å². The molecule has 0 aromatic heterocycles. The van der Waals surface area contributed by atoms with E-state index in [1.807, 2.05) is 6.07 Å². The van der Waals surface area contributed by atoms with Crippen molar-refractivity contribution in [2.75, 3.05) is 0 Å². The van der Waals surface area contributed by atoms with Gasteiger partial charge in [0.1, 0.15) is 17.6 Å². The number of hydrogen-bond donors (Lipinski definition) is 1. The molecule has 86 valence electrons. The van der Waals surface area contributed by atoms with Gasteiger partial charge in [-0.15, -0.1) is 0 Å². The van der Waals surface area contributed by atoms with Crippen LogP contribution in [-0.2, 0) is 6.42 Å². The van der Waals surface area contributed by atoms with Crippen LogP contribution < -0.4 is 4.74 Å². The van der Waals surface area contributed by atoms with Crippen molar-refractivity contribution >= 4 is 6.08 Å². The highest BCUT2D eigenvalue weighted by atomic mass is 16.5. The molecule has 1 aromatic carbocycles. The van der Waals surface area contributed by atoms with Crippen molar-refractivity contribution in [2.24, 2.45) is 0 Å². The number of phenols is 1. The molecule has 1 aromatic rings. The van der Waals surface area contributed by atoms with E-state index in [0.717, 1.165) is 36.1 Å². The molecule has 0 fully saturated rings. The van der Waals surface area contributed by atoms with E-state index in [-0.39, 0.29) is 6.10 Å². The van der Waals surface area contributed by atoms with Gasteiger partial charge < -0.3 is 9.84 Å². The van der Waals surface area contributed by atoms with Crippen molar-refractivity contribution in [3.8, 4) is 11.5 Å². The van der Waals surface area contributed by atoms with Crippen LogP contribution in [0.5, 0.6) is 11.5 Å². The summed E-state index contributed by atoms with van der Waals surface area (Å²) in [6.07, 6.45) is 7.13. The second kappa shape index (κ2) is 4.60. The van der Waals surface area contributed by atoms with Crippen LogP contribution in [0.25, 0.3) is 6.08 Å². The molecular weight excluding hydrogens is 200 g/mol. The number of hydrogen-bond acceptors (Lipinski definition) is 2. The molecule has 1 aliphatic rings. The van der Waals surface area contributed by atoms with Gasteiger partial charge in [0.2, 0.25) is 0 Å². The SMILES string of the molecule is CCCc1c(O)ccc2c1OC(CC)C=C2. The van der Waals surface area contributed by atoms with Gasteiger partial charge in [0, 0.05) is 11.1 Å². The zero-order valence-corrected chi connectivity index (χ0v) is 9.86. The van der Waals surface area contributed by atoms with Crippen molar-refractivity contribution in [3.05, 3.63) is 29.3 Å². The molecule has 1 aliphatic heterocycles. The van der Waals surface area contributed by atoms with E-state index in [9.17, 15) is 5.11 Å². The maximum absolute atomic E-state index is 9.85. The maximum atomic E-state index is 9.85. The van der Waals surface area contributed by atoms with E-state index in [1.165, 1.54) is 0 Å². The lowest BCUT2D eigenvalue weighted by molar-refractivity contribution is 0.237. The Hall–Kier alpha value is -1.44. The molecule has 0 radical (unpaired) electrons. The Balaban J connectivity index is 2.43. The maximum Gasteiger partial charge on any atom is 0.134 e. The number of ether oxygens (including phenoxy) is 1. The molecule has 2 heteroatoms. The molecule has 0 saturated heterocycles. The van der Waals surface area contributed by atoms with Gasteiger partial charge in [0.25, 0.3) is 0 Å². The molecule has 1 unspecified atom stereocenters. The van der Waals surface area contributed by atoms with Crippen LogP contribution >= 0.6 is 0 Å². The third-order valence-electron chi connectivity index (χ3n) is 2.93. The first-order valence-corrected chi connectivity index (χ1v) is 5.96. The third-order valence-corrected chi connectivity index (χ3v) is 2.93. The molecule has 0 saturated carbocycles. The van der Waals surface area contributed by atoms with Crippen molar-refractivity contribution in [3.63, 3.8) is 0 Å². The van der Waals surface area contributed by atoms with Crippen LogP contribution in [0, 0.1) is 0 Å². The highest BCUT2D eigenvalue weighted by Crippen LogP contribution is 2.36. The Morgan fingerprint density at radius 3 is 2.81 bits per heavy atom. The minimum absolute atomic E-state index is 0.143. The van der Waals surface area contributed by atoms with E-state index < -0.39 is 0 Å². The Morgan fingerprint density at radius 2 is 2.12 bits per heavy atom. The van der Waals surface area contributed by atoms with E-state index in [4.69, 9.17) is 4.74 Å². The summed E-state index contributed by atoms with van der Waals surface area (Å²) in [7, 11) is 0. The number of benzene rings is 1. The Morgan fingerprint density at radius 1 is 1.31 bits per heavy atom. The first kappa shape index (κ1) is 11.1. The highest BCUT2D eigenvalue weighted by Gasteiger charge is 2.18. The van der Waals surface area contributed by atoms with Gasteiger partial charge in [-0.3, -0.25) is 0 Å². The minimum Gasteiger partial charge on any atom is -0.508 e.